The van der Waals surface area contributed by atoms with Crippen molar-refractivity contribution in [2.75, 3.05) is 26.8 Å². The van der Waals surface area contributed by atoms with E-state index < -0.39 is 6.10 Å². The number of ether oxygens (including phenoxy) is 1. The fraction of sp³-hybridized carbons (Fsp3) is 0.526. The highest BCUT2D eigenvalue weighted by Gasteiger charge is 2.32. The topological polar surface area (TPSA) is 74.6 Å². The lowest BCUT2D eigenvalue weighted by Gasteiger charge is -2.36. The Morgan fingerprint density at radius 1 is 1.36 bits per heavy atom. The van der Waals surface area contributed by atoms with E-state index in [-0.39, 0.29) is 12.0 Å². The van der Waals surface area contributed by atoms with E-state index in [2.05, 4.69) is 10.3 Å². The van der Waals surface area contributed by atoms with Crippen LogP contribution >= 0.6 is 11.6 Å². The monoisotopic (exact) mass is 364 g/mol. The molecule has 0 spiro atoms. The van der Waals surface area contributed by atoms with Gasteiger partial charge in [-0.05, 0) is 62.4 Å². The lowest BCUT2D eigenvalue weighted by Crippen LogP contribution is -2.39. The first kappa shape index (κ1) is 18.4. The molecule has 136 valence electrons. The minimum Gasteiger partial charge on any atom is -0.497 e. The fourth-order valence-electron chi connectivity index (χ4n) is 3.67. The summed E-state index contributed by atoms with van der Waals surface area (Å²) >= 11 is 6.36. The molecule has 0 saturated carbocycles. The summed E-state index contributed by atoms with van der Waals surface area (Å²) in [5, 5.41) is 25.3. The molecule has 1 aromatic carbocycles. The smallest absolute Gasteiger partial charge is 0.119 e. The molecule has 1 fully saturated rings. The second kappa shape index (κ2) is 7.87. The predicted molar refractivity (Wildman–Crippen MR) is 99.1 cm³/mol. The number of piperidine rings is 1. The van der Waals surface area contributed by atoms with Crippen molar-refractivity contribution in [3.63, 3.8) is 0 Å². The summed E-state index contributed by atoms with van der Waals surface area (Å²) in [5.74, 6) is 0.704. The number of hydrogen-bond acceptors (Lipinski definition) is 5. The van der Waals surface area contributed by atoms with E-state index in [9.17, 15) is 10.2 Å². The van der Waals surface area contributed by atoms with Gasteiger partial charge in [0, 0.05) is 23.8 Å². The van der Waals surface area contributed by atoms with Gasteiger partial charge in [0.25, 0.3) is 0 Å². The molecule has 3 rings (SSSR count). The Kier molecular flexibility index (Phi) is 5.79. The van der Waals surface area contributed by atoms with Crippen molar-refractivity contribution in [2.24, 2.45) is 5.41 Å². The standard InChI is InChI=1S/C19H25ClN2O3/c1-25-13-2-3-16-14(10-13)18(15(20)11-22-16)17(24)4-5-19(12-23)6-8-21-9-7-19/h2-3,10-11,17,21,23-24H,4-9,12H2,1H3. The summed E-state index contributed by atoms with van der Waals surface area (Å²) in [6, 6.07) is 5.57. The van der Waals surface area contributed by atoms with E-state index in [1.807, 2.05) is 18.2 Å². The Balaban J connectivity index is 1.86. The summed E-state index contributed by atoms with van der Waals surface area (Å²) < 4.78 is 5.29. The van der Waals surface area contributed by atoms with Gasteiger partial charge in [-0.2, -0.15) is 0 Å². The summed E-state index contributed by atoms with van der Waals surface area (Å²) in [6.45, 7) is 1.97. The van der Waals surface area contributed by atoms with Crippen LogP contribution in [0.4, 0.5) is 0 Å². The molecule has 25 heavy (non-hydrogen) atoms. The summed E-state index contributed by atoms with van der Waals surface area (Å²) in [5.41, 5.74) is 1.35. The third-order valence-corrected chi connectivity index (χ3v) is 5.65. The molecule has 2 heterocycles. The van der Waals surface area contributed by atoms with Crippen LogP contribution in [0, 0.1) is 5.41 Å². The number of hydrogen-bond donors (Lipinski definition) is 3. The van der Waals surface area contributed by atoms with E-state index in [0.717, 1.165) is 43.3 Å². The van der Waals surface area contributed by atoms with Gasteiger partial charge in [0.2, 0.25) is 0 Å². The van der Waals surface area contributed by atoms with Gasteiger partial charge in [0.15, 0.2) is 0 Å². The van der Waals surface area contributed by atoms with E-state index in [0.29, 0.717) is 22.8 Å². The third-order valence-electron chi connectivity index (χ3n) is 5.35. The number of aliphatic hydroxyl groups excluding tert-OH is 2. The van der Waals surface area contributed by atoms with Crippen LogP contribution in [0.1, 0.15) is 37.4 Å². The number of halogens is 1. The molecular weight excluding hydrogens is 340 g/mol. The Hall–Kier alpha value is -1.40. The van der Waals surface area contributed by atoms with E-state index in [4.69, 9.17) is 16.3 Å². The molecule has 1 saturated heterocycles. The van der Waals surface area contributed by atoms with Crippen LogP contribution in [0.15, 0.2) is 24.4 Å². The van der Waals surface area contributed by atoms with E-state index >= 15 is 0 Å². The number of nitrogens with one attached hydrogen (secondary N) is 1. The predicted octanol–water partition coefficient (Wildman–Crippen LogP) is 3.07. The zero-order valence-electron chi connectivity index (χ0n) is 14.5. The Labute approximate surface area is 153 Å². The van der Waals surface area contributed by atoms with Gasteiger partial charge in [0.05, 0.1) is 23.8 Å². The first-order valence-corrected chi connectivity index (χ1v) is 9.08. The first-order valence-electron chi connectivity index (χ1n) is 8.70. The van der Waals surface area contributed by atoms with Crippen LogP contribution in [-0.4, -0.2) is 42.0 Å². The molecule has 3 N–H and O–H groups in total. The van der Waals surface area contributed by atoms with Crippen molar-refractivity contribution in [1.29, 1.82) is 0 Å². The number of rotatable bonds is 6. The molecule has 1 unspecified atom stereocenters. The molecule has 0 radical (unpaired) electrons. The van der Waals surface area contributed by atoms with Crippen molar-refractivity contribution in [1.82, 2.24) is 10.3 Å². The fourth-order valence-corrected chi connectivity index (χ4v) is 3.94. The number of methoxy groups -OCH3 is 1. The molecule has 1 aromatic heterocycles. The SMILES string of the molecule is COc1ccc2ncc(Cl)c(C(O)CCC3(CO)CCNCC3)c2c1. The van der Waals surface area contributed by atoms with Crippen molar-refractivity contribution in [3.8, 4) is 5.75 Å². The van der Waals surface area contributed by atoms with Gasteiger partial charge in [-0.3, -0.25) is 4.98 Å². The number of fused-ring (bicyclic) bond motifs is 1. The van der Waals surface area contributed by atoms with Crippen molar-refractivity contribution in [2.45, 2.75) is 31.8 Å². The van der Waals surface area contributed by atoms with Crippen LogP contribution in [0.3, 0.4) is 0 Å². The Morgan fingerprint density at radius 3 is 2.80 bits per heavy atom. The van der Waals surface area contributed by atoms with Gasteiger partial charge < -0.3 is 20.3 Å². The minimum atomic E-state index is -0.705. The summed E-state index contributed by atoms with van der Waals surface area (Å²) in [6.07, 6.45) is 4.04. The van der Waals surface area contributed by atoms with Crippen LogP contribution in [0.2, 0.25) is 5.02 Å². The molecule has 0 aliphatic carbocycles. The van der Waals surface area contributed by atoms with Crippen molar-refractivity contribution in [3.05, 3.63) is 35.0 Å². The van der Waals surface area contributed by atoms with Gasteiger partial charge in [-0.1, -0.05) is 11.6 Å². The van der Waals surface area contributed by atoms with Gasteiger partial charge in [-0.25, -0.2) is 0 Å². The van der Waals surface area contributed by atoms with Crippen LogP contribution in [0.5, 0.6) is 5.75 Å². The van der Waals surface area contributed by atoms with Crippen LogP contribution in [-0.2, 0) is 0 Å². The highest BCUT2D eigenvalue weighted by atomic mass is 35.5. The molecule has 6 heteroatoms. The van der Waals surface area contributed by atoms with Crippen LogP contribution < -0.4 is 10.1 Å². The van der Waals surface area contributed by atoms with Crippen molar-refractivity contribution >= 4 is 22.5 Å². The normalized spacial score (nSPS) is 18.2. The maximum Gasteiger partial charge on any atom is 0.119 e. The number of aromatic nitrogens is 1. The number of aliphatic hydroxyl groups is 2. The van der Waals surface area contributed by atoms with E-state index in [1.54, 1.807) is 13.3 Å². The zero-order chi connectivity index (χ0) is 17.9. The number of pyridine rings is 1. The van der Waals surface area contributed by atoms with Gasteiger partial charge in [0.1, 0.15) is 5.75 Å². The third kappa shape index (κ3) is 3.90. The van der Waals surface area contributed by atoms with Gasteiger partial charge in [-0.15, -0.1) is 0 Å². The molecule has 1 aliphatic rings. The maximum absolute atomic E-state index is 10.9. The quantitative estimate of drug-likeness (QED) is 0.734. The lowest BCUT2D eigenvalue weighted by atomic mass is 9.75. The number of benzene rings is 1. The molecule has 2 aromatic rings. The zero-order valence-corrected chi connectivity index (χ0v) is 15.2. The second-order valence-electron chi connectivity index (χ2n) is 6.87. The lowest BCUT2D eigenvalue weighted by molar-refractivity contribution is 0.0581. The minimum absolute atomic E-state index is 0.112. The van der Waals surface area contributed by atoms with Crippen LogP contribution in [0.25, 0.3) is 10.9 Å². The molecule has 1 atom stereocenters. The highest BCUT2D eigenvalue weighted by molar-refractivity contribution is 6.32. The average Bonchev–Trinajstić information content (AvgIpc) is 2.66. The molecular formula is C19H25ClN2O3. The van der Waals surface area contributed by atoms with Gasteiger partial charge >= 0.3 is 0 Å². The maximum atomic E-state index is 10.9. The first-order chi connectivity index (χ1) is 12.1. The second-order valence-corrected chi connectivity index (χ2v) is 7.27. The van der Waals surface area contributed by atoms with Crippen molar-refractivity contribution < 1.29 is 14.9 Å². The Bertz CT molecular complexity index is 732. The van der Waals surface area contributed by atoms with E-state index in [1.165, 1.54) is 0 Å². The average molecular weight is 365 g/mol. The highest BCUT2D eigenvalue weighted by Crippen LogP contribution is 2.39. The molecule has 0 amide bonds. The molecule has 0 bridgehead atoms. The number of nitrogens with zero attached hydrogens (tertiary/aromatic N) is 1. The Morgan fingerprint density at radius 2 is 2.12 bits per heavy atom. The summed E-state index contributed by atoms with van der Waals surface area (Å²) in [7, 11) is 1.61. The molecule has 1 aliphatic heterocycles. The summed E-state index contributed by atoms with van der Waals surface area (Å²) in [4.78, 5) is 4.33. The molecule has 5 nitrogen and oxygen atoms in total. The largest absolute Gasteiger partial charge is 0.497 e.